The van der Waals surface area contributed by atoms with Crippen molar-refractivity contribution in [3.05, 3.63) is 132 Å². The van der Waals surface area contributed by atoms with Crippen LogP contribution >= 0.6 is 0 Å². The van der Waals surface area contributed by atoms with Crippen molar-refractivity contribution < 1.29 is 4.74 Å². The molecule has 0 amide bonds. The number of rotatable bonds is 11. The average molecular weight is 647 g/mol. The van der Waals surface area contributed by atoms with Crippen molar-refractivity contribution in [2.24, 2.45) is 11.8 Å². The molecule has 3 aromatic heterocycles. The van der Waals surface area contributed by atoms with Crippen molar-refractivity contribution >= 4 is 21.8 Å². The fourth-order valence-corrected chi connectivity index (χ4v) is 6.92. The van der Waals surface area contributed by atoms with Gasteiger partial charge in [0.1, 0.15) is 17.3 Å². The number of para-hydroxylation sites is 1. The van der Waals surface area contributed by atoms with Gasteiger partial charge in [0.05, 0.1) is 22.9 Å². The van der Waals surface area contributed by atoms with Crippen molar-refractivity contribution in [2.75, 3.05) is 0 Å². The Bertz CT molecular complexity index is 2220. The van der Waals surface area contributed by atoms with E-state index in [1.165, 1.54) is 57.0 Å². The minimum atomic E-state index is 0.654. The van der Waals surface area contributed by atoms with Crippen molar-refractivity contribution in [3.8, 4) is 34.1 Å². The van der Waals surface area contributed by atoms with Gasteiger partial charge in [-0.2, -0.15) is 5.10 Å². The Balaban J connectivity index is 1.22. The standard InChI is InChI=1S/C44H46N4O/c1-29(2)14-16-33-22-32(6)23-34(17-15-30(3)4)44(33)35-27-46-47(28-35)36-10-9-11-37(25-36)49-38-18-19-40-39-12-7-8-13-41(39)48(42(40)26-38)43-24-31(5)20-21-45-43/h7-13,18-30H,14-17H2,1-6H3. The predicted molar refractivity (Wildman–Crippen MR) is 203 cm³/mol. The van der Waals surface area contributed by atoms with Crippen molar-refractivity contribution in [3.63, 3.8) is 0 Å². The number of aryl methyl sites for hydroxylation is 4. The lowest BCUT2D eigenvalue weighted by Gasteiger charge is -2.17. The predicted octanol–water partition coefficient (Wildman–Crippen LogP) is 11.6. The van der Waals surface area contributed by atoms with E-state index in [2.05, 4.69) is 125 Å². The first-order chi connectivity index (χ1) is 23.7. The van der Waals surface area contributed by atoms with Crippen LogP contribution in [0.25, 0.3) is 44.4 Å². The van der Waals surface area contributed by atoms with E-state index in [0.29, 0.717) is 11.8 Å². The molecule has 0 N–H and O–H groups in total. The lowest BCUT2D eigenvalue weighted by atomic mass is 9.87. The molecule has 0 aliphatic carbocycles. The van der Waals surface area contributed by atoms with Crippen LogP contribution in [-0.2, 0) is 12.8 Å². The number of hydrogen-bond acceptors (Lipinski definition) is 3. The second kappa shape index (κ2) is 13.8. The zero-order valence-corrected chi connectivity index (χ0v) is 29.6. The third-order valence-corrected chi connectivity index (χ3v) is 9.39. The second-order valence-corrected chi connectivity index (χ2v) is 14.3. The Labute approximate surface area is 290 Å². The normalized spacial score (nSPS) is 11.8. The first-order valence-electron chi connectivity index (χ1n) is 17.7. The number of ether oxygens (including phenoxy) is 1. The number of fused-ring (bicyclic) bond motifs is 3. The van der Waals surface area contributed by atoms with Gasteiger partial charge in [0.25, 0.3) is 0 Å². The summed E-state index contributed by atoms with van der Waals surface area (Å²) < 4.78 is 10.7. The van der Waals surface area contributed by atoms with Crippen LogP contribution in [0.4, 0.5) is 0 Å². The molecule has 0 spiro atoms. The van der Waals surface area contributed by atoms with Gasteiger partial charge in [-0.3, -0.25) is 4.57 Å². The van der Waals surface area contributed by atoms with Crippen LogP contribution in [0.5, 0.6) is 11.5 Å². The maximum absolute atomic E-state index is 6.54. The second-order valence-electron chi connectivity index (χ2n) is 14.3. The van der Waals surface area contributed by atoms with E-state index in [1.54, 1.807) is 0 Å². The maximum Gasteiger partial charge on any atom is 0.137 e. The van der Waals surface area contributed by atoms with Crippen LogP contribution in [0.15, 0.2) is 110 Å². The Morgan fingerprint density at radius 1 is 0.673 bits per heavy atom. The summed E-state index contributed by atoms with van der Waals surface area (Å²) in [6, 6.07) is 31.9. The van der Waals surface area contributed by atoms with Gasteiger partial charge in [0, 0.05) is 40.9 Å². The average Bonchev–Trinajstić information content (AvgIpc) is 3.69. The summed E-state index contributed by atoms with van der Waals surface area (Å²) in [6.45, 7) is 13.6. The van der Waals surface area contributed by atoms with Crippen molar-refractivity contribution in [1.82, 2.24) is 19.3 Å². The van der Waals surface area contributed by atoms with Gasteiger partial charge in [0.2, 0.25) is 0 Å². The number of nitrogens with zero attached hydrogens (tertiary/aromatic N) is 4. The maximum atomic E-state index is 6.54. The highest BCUT2D eigenvalue weighted by Crippen LogP contribution is 2.36. The molecule has 0 aliphatic rings. The fraction of sp³-hybridized carbons (Fsp3) is 0.273. The SMILES string of the molecule is Cc1ccnc(-n2c3ccccc3c3ccc(Oc4cccc(-n5cc(-c6c(CCC(C)C)cc(C)cc6CCC(C)C)cn5)c4)cc32)c1. The molecular weight excluding hydrogens is 601 g/mol. The molecule has 5 heteroatoms. The van der Waals surface area contributed by atoms with E-state index in [1.807, 2.05) is 35.3 Å². The lowest BCUT2D eigenvalue weighted by molar-refractivity contribution is 0.483. The zero-order valence-electron chi connectivity index (χ0n) is 29.6. The number of aromatic nitrogens is 4. The largest absolute Gasteiger partial charge is 0.457 e. The Morgan fingerprint density at radius 2 is 1.39 bits per heavy atom. The van der Waals surface area contributed by atoms with Gasteiger partial charge in [-0.1, -0.05) is 69.7 Å². The summed E-state index contributed by atoms with van der Waals surface area (Å²) in [5, 5.41) is 7.23. The van der Waals surface area contributed by atoms with Crippen LogP contribution in [-0.4, -0.2) is 19.3 Å². The summed E-state index contributed by atoms with van der Waals surface area (Å²) >= 11 is 0. The van der Waals surface area contributed by atoms with Crippen LogP contribution < -0.4 is 4.74 Å². The molecule has 0 fully saturated rings. The molecule has 0 saturated heterocycles. The Hall–Kier alpha value is -5.16. The van der Waals surface area contributed by atoms with Crippen LogP contribution in [0, 0.1) is 25.7 Å². The third-order valence-electron chi connectivity index (χ3n) is 9.39. The molecule has 0 atom stereocenters. The topological polar surface area (TPSA) is 44.9 Å². The molecule has 0 unspecified atom stereocenters. The fourth-order valence-electron chi connectivity index (χ4n) is 6.92. The minimum Gasteiger partial charge on any atom is -0.457 e. The number of pyridine rings is 1. The van der Waals surface area contributed by atoms with E-state index in [9.17, 15) is 0 Å². The summed E-state index contributed by atoms with van der Waals surface area (Å²) in [5.41, 5.74) is 11.0. The molecule has 7 aromatic rings. The van der Waals surface area contributed by atoms with Crippen LogP contribution in [0.3, 0.4) is 0 Å². The Kier molecular flexibility index (Phi) is 9.09. The smallest absolute Gasteiger partial charge is 0.137 e. The molecule has 49 heavy (non-hydrogen) atoms. The highest BCUT2D eigenvalue weighted by atomic mass is 16.5. The summed E-state index contributed by atoms with van der Waals surface area (Å²) in [4.78, 5) is 4.73. The molecule has 7 rings (SSSR count). The summed E-state index contributed by atoms with van der Waals surface area (Å²) in [5.74, 6) is 3.73. The highest BCUT2D eigenvalue weighted by molar-refractivity contribution is 6.09. The highest BCUT2D eigenvalue weighted by Gasteiger charge is 2.17. The molecule has 0 bridgehead atoms. The lowest BCUT2D eigenvalue weighted by Crippen LogP contribution is -2.02. The van der Waals surface area contributed by atoms with Crippen LogP contribution in [0.1, 0.15) is 62.8 Å². The van der Waals surface area contributed by atoms with Gasteiger partial charge in [-0.25, -0.2) is 9.67 Å². The zero-order chi connectivity index (χ0) is 34.1. The van der Waals surface area contributed by atoms with E-state index in [4.69, 9.17) is 14.8 Å². The van der Waals surface area contributed by atoms with E-state index in [0.717, 1.165) is 46.9 Å². The van der Waals surface area contributed by atoms with Crippen LogP contribution in [0.2, 0.25) is 0 Å². The molecule has 4 aromatic carbocycles. The van der Waals surface area contributed by atoms with Crippen molar-refractivity contribution in [1.29, 1.82) is 0 Å². The first-order valence-corrected chi connectivity index (χ1v) is 17.7. The summed E-state index contributed by atoms with van der Waals surface area (Å²) in [6.07, 6.45) is 10.6. The molecule has 0 saturated carbocycles. The van der Waals surface area contributed by atoms with Gasteiger partial charge < -0.3 is 4.74 Å². The monoisotopic (exact) mass is 646 g/mol. The van der Waals surface area contributed by atoms with Gasteiger partial charge >= 0.3 is 0 Å². The molecular formula is C44H46N4O. The molecule has 5 nitrogen and oxygen atoms in total. The summed E-state index contributed by atoms with van der Waals surface area (Å²) in [7, 11) is 0. The van der Waals surface area contributed by atoms with E-state index in [-0.39, 0.29) is 0 Å². The van der Waals surface area contributed by atoms with Gasteiger partial charge in [-0.15, -0.1) is 0 Å². The Morgan fingerprint density at radius 3 is 2.12 bits per heavy atom. The molecule has 0 radical (unpaired) electrons. The van der Waals surface area contributed by atoms with E-state index < -0.39 is 0 Å². The molecule has 3 heterocycles. The van der Waals surface area contributed by atoms with Gasteiger partial charge in [-0.05, 0) is 116 Å². The number of benzene rings is 4. The van der Waals surface area contributed by atoms with Gasteiger partial charge in [0.15, 0.2) is 0 Å². The minimum absolute atomic E-state index is 0.654. The molecule has 248 valence electrons. The number of hydrogen-bond donors (Lipinski definition) is 0. The van der Waals surface area contributed by atoms with Crippen molar-refractivity contribution in [2.45, 2.75) is 67.2 Å². The van der Waals surface area contributed by atoms with E-state index >= 15 is 0 Å². The first kappa shape index (κ1) is 32.4. The third kappa shape index (κ3) is 6.89. The quantitative estimate of drug-likeness (QED) is 0.140. The molecule has 0 aliphatic heterocycles.